The van der Waals surface area contributed by atoms with Gasteiger partial charge in [-0.25, -0.2) is 4.98 Å². The molecule has 0 atom stereocenters. The fourth-order valence-electron chi connectivity index (χ4n) is 1.49. The Kier molecular flexibility index (Phi) is 2.64. The minimum atomic E-state index is -0.0338. The van der Waals surface area contributed by atoms with Crippen molar-refractivity contribution in [3.05, 3.63) is 51.6 Å². The summed E-state index contributed by atoms with van der Waals surface area (Å²) in [6.07, 6.45) is 1.76. The van der Waals surface area contributed by atoms with Gasteiger partial charge in [0.2, 0.25) is 5.89 Å². The summed E-state index contributed by atoms with van der Waals surface area (Å²) in [5, 5.41) is 0. The minimum Gasteiger partial charge on any atom is -0.444 e. The minimum absolute atomic E-state index is 0.0338. The number of aryl methyl sites for hydroxylation is 3. The van der Waals surface area contributed by atoms with E-state index in [1.54, 1.807) is 16.8 Å². The first-order valence-electron chi connectivity index (χ1n) is 5.16. The van der Waals surface area contributed by atoms with Gasteiger partial charge in [-0.1, -0.05) is 0 Å². The zero-order valence-corrected chi connectivity index (χ0v) is 9.65. The molecule has 0 N–H and O–H groups in total. The quantitative estimate of drug-likeness (QED) is 0.772. The Morgan fingerprint density at radius 3 is 2.69 bits per heavy atom. The van der Waals surface area contributed by atoms with E-state index >= 15 is 0 Å². The summed E-state index contributed by atoms with van der Waals surface area (Å²) in [7, 11) is 0. The lowest BCUT2D eigenvalue weighted by Gasteiger charge is -2.01. The molecule has 0 aliphatic rings. The van der Waals surface area contributed by atoms with E-state index in [9.17, 15) is 4.79 Å². The topological polar surface area (TPSA) is 48.0 Å². The van der Waals surface area contributed by atoms with Crippen molar-refractivity contribution < 1.29 is 4.42 Å². The molecule has 0 saturated carbocycles. The van der Waals surface area contributed by atoms with Gasteiger partial charge in [0.05, 0.1) is 5.69 Å². The number of nitrogens with zero attached hydrogens (tertiary/aromatic N) is 2. The highest BCUT2D eigenvalue weighted by atomic mass is 16.4. The molecule has 0 fully saturated rings. The zero-order valence-electron chi connectivity index (χ0n) is 9.65. The number of hydrogen-bond donors (Lipinski definition) is 0. The normalized spacial score (nSPS) is 10.7. The Morgan fingerprint density at radius 1 is 1.38 bits per heavy atom. The summed E-state index contributed by atoms with van der Waals surface area (Å²) >= 11 is 0. The average Bonchev–Trinajstić information content (AvgIpc) is 2.51. The molecule has 0 unspecified atom stereocenters. The molecular formula is C12H14N2O2. The van der Waals surface area contributed by atoms with Crippen LogP contribution in [-0.4, -0.2) is 9.55 Å². The highest BCUT2D eigenvalue weighted by molar-refractivity contribution is 5.10. The molecule has 2 aromatic heterocycles. The second-order valence-corrected chi connectivity index (χ2v) is 3.92. The molecule has 16 heavy (non-hydrogen) atoms. The molecule has 0 saturated heterocycles. The van der Waals surface area contributed by atoms with Crippen molar-refractivity contribution in [2.75, 3.05) is 0 Å². The van der Waals surface area contributed by atoms with Crippen molar-refractivity contribution in [3.8, 4) is 0 Å². The maximum atomic E-state index is 11.6. The van der Waals surface area contributed by atoms with E-state index < -0.39 is 0 Å². The van der Waals surface area contributed by atoms with Crippen molar-refractivity contribution >= 4 is 0 Å². The van der Waals surface area contributed by atoms with Crippen LogP contribution in [0, 0.1) is 20.8 Å². The molecule has 0 radical (unpaired) electrons. The van der Waals surface area contributed by atoms with Gasteiger partial charge in [0, 0.05) is 12.3 Å². The second kappa shape index (κ2) is 3.96. The van der Waals surface area contributed by atoms with E-state index in [2.05, 4.69) is 4.98 Å². The smallest absolute Gasteiger partial charge is 0.251 e. The van der Waals surface area contributed by atoms with Crippen LogP contribution in [0.3, 0.4) is 0 Å². The van der Waals surface area contributed by atoms with E-state index in [4.69, 9.17) is 4.42 Å². The molecule has 0 aliphatic carbocycles. The highest BCUT2D eigenvalue weighted by Gasteiger charge is 2.06. The molecule has 0 aliphatic heterocycles. The molecule has 4 heteroatoms. The van der Waals surface area contributed by atoms with E-state index in [1.807, 2.05) is 26.8 Å². The fourth-order valence-corrected chi connectivity index (χ4v) is 1.49. The van der Waals surface area contributed by atoms with Crippen molar-refractivity contribution in [1.29, 1.82) is 0 Å². The number of hydrogen-bond acceptors (Lipinski definition) is 3. The SMILES string of the molecule is Cc1ccn(Cc2nc(C)c(C)o2)c(=O)c1. The maximum absolute atomic E-state index is 11.6. The van der Waals surface area contributed by atoms with Crippen LogP contribution in [0.5, 0.6) is 0 Å². The molecule has 2 heterocycles. The van der Waals surface area contributed by atoms with Gasteiger partial charge in [-0.15, -0.1) is 0 Å². The summed E-state index contributed by atoms with van der Waals surface area (Å²) in [5.41, 5.74) is 1.80. The van der Waals surface area contributed by atoms with Gasteiger partial charge < -0.3 is 8.98 Å². The van der Waals surface area contributed by atoms with Gasteiger partial charge in [-0.2, -0.15) is 0 Å². The van der Waals surface area contributed by atoms with Crippen LogP contribution < -0.4 is 5.56 Å². The average molecular weight is 218 g/mol. The number of rotatable bonds is 2. The Hall–Kier alpha value is -1.84. The summed E-state index contributed by atoms with van der Waals surface area (Å²) in [6.45, 7) is 6.03. The largest absolute Gasteiger partial charge is 0.444 e. The molecule has 0 spiro atoms. The van der Waals surface area contributed by atoms with Gasteiger partial charge >= 0.3 is 0 Å². The van der Waals surface area contributed by atoms with E-state index in [-0.39, 0.29) is 5.56 Å². The summed E-state index contributed by atoms with van der Waals surface area (Å²) in [4.78, 5) is 15.9. The second-order valence-electron chi connectivity index (χ2n) is 3.92. The van der Waals surface area contributed by atoms with Crippen LogP contribution in [0.2, 0.25) is 0 Å². The van der Waals surface area contributed by atoms with Crippen LogP contribution in [0.15, 0.2) is 27.5 Å². The first kappa shape index (κ1) is 10.7. The monoisotopic (exact) mass is 218 g/mol. The Labute approximate surface area is 93.6 Å². The molecule has 2 aromatic rings. The van der Waals surface area contributed by atoms with Crippen LogP contribution in [0.25, 0.3) is 0 Å². The predicted octanol–water partition coefficient (Wildman–Crippen LogP) is 1.81. The summed E-state index contributed by atoms with van der Waals surface area (Å²) in [5.74, 6) is 1.37. The number of aromatic nitrogens is 2. The van der Waals surface area contributed by atoms with Crippen LogP contribution in [0.4, 0.5) is 0 Å². The van der Waals surface area contributed by atoms with Crippen molar-refractivity contribution in [2.45, 2.75) is 27.3 Å². The third-order valence-corrected chi connectivity index (χ3v) is 2.53. The predicted molar refractivity (Wildman–Crippen MR) is 60.5 cm³/mol. The highest BCUT2D eigenvalue weighted by Crippen LogP contribution is 2.08. The lowest BCUT2D eigenvalue weighted by molar-refractivity contribution is 0.454. The molecule has 0 bridgehead atoms. The Bertz CT molecular complexity index is 547. The standard InChI is InChI=1S/C12H14N2O2/c1-8-4-5-14(12(15)6-8)7-11-13-9(2)10(3)16-11/h4-6H,7H2,1-3H3. The summed E-state index contributed by atoms with van der Waals surface area (Å²) in [6, 6.07) is 3.49. The summed E-state index contributed by atoms with van der Waals surface area (Å²) < 4.78 is 7.01. The maximum Gasteiger partial charge on any atom is 0.251 e. The molecule has 0 amide bonds. The Morgan fingerprint density at radius 2 is 2.12 bits per heavy atom. The Balaban J connectivity index is 2.30. The number of pyridine rings is 1. The molecule has 84 valence electrons. The molecule has 2 rings (SSSR count). The first-order chi connectivity index (χ1) is 7.56. The number of oxazole rings is 1. The van der Waals surface area contributed by atoms with Gasteiger partial charge in [-0.05, 0) is 32.4 Å². The van der Waals surface area contributed by atoms with E-state index in [0.29, 0.717) is 12.4 Å². The van der Waals surface area contributed by atoms with E-state index in [0.717, 1.165) is 17.0 Å². The van der Waals surface area contributed by atoms with Crippen LogP contribution in [0.1, 0.15) is 22.9 Å². The van der Waals surface area contributed by atoms with Crippen LogP contribution in [-0.2, 0) is 6.54 Å². The van der Waals surface area contributed by atoms with Gasteiger partial charge in [0.25, 0.3) is 5.56 Å². The first-order valence-corrected chi connectivity index (χ1v) is 5.16. The zero-order chi connectivity index (χ0) is 11.7. The molecule has 4 nitrogen and oxygen atoms in total. The van der Waals surface area contributed by atoms with Crippen molar-refractivity contribution in [3.63, 3.8) is 0 Å². The van der Waals surface area contributed by atoms with Gasteiger partial charge in [-0.3, -0.25) is 4.79 Å². The van der Waals surface area contributed by atoms with Crippen LogP contribution >= 0.6 is 0 Å². The lowest BCUT2D eigenvalue weighted by atomic mass is 10.3. The molecule has 0 aromatic carbocycles. The van der Waals surface area contributed by atoms with E-state index in [1.165, 1.54) is 0 Å². The van der Waals surface area contributed by atoms with Crippen molar-refractivity contribution in [2.24, 2.45) is 0 Å². The van der Waals surface area contributed by atoms with Crippen molar-refractivity contribution in [1.82, 2.24) is 9.55 Å². The van der Waals surface area contributed by atoms with Gasteiger partial charge in [0.15, 0.2) is 0 Å². The third kappa shape index (κ3) is 2.05. The van der Waals surface area contributed by atoms with Gasteiger partial charge in [0.1, 0.15) is 12.3 Å². The third-order valence-electron chi connectivity index (χ3n) is 2.53. The molecular weight excluding hydrogens is 204 g/mol. The lowest BCUT2D eigenvalue weighted by Crippen LogP contribution is -2.19. The fraction of sp³-hybridized carbons (Fsp3) is 0.333.